The lowest BCUT2D eigenvalue weighted by molar-refractivity contribution is 0.185. The van der Waals surface area contributed by atoms with Crippen molar-refractivity contribution in [3.63, 3.8) is 0 Å². The first-order valence-electron chi connectivity index (χ1n) is 5.94. The molecule has 0 aromatic heterocycles. The Labute approximate surface area is 126 Å². The fourth-order valence-corrected chi connectivity index (χ4v) is 2.57. The minimum atomic E-state index is 0.649. The van der Waals surface area contributed by atoms with Crippen molar-refractivity contribution in [1.29, 1.82) is 0 Å². The average molecular weight is 341 g/mol. The molecule has 0 atom stereocenters. The lowest BCUT2D eigenvalue weighted by Crippen LogP contribution is -2.00. The Hall–Kier alpha value is -1.03. The van der Waals surface area contributed by atoms with Gasteiger partial charge in [-0.05, 0) is 45.3 Å². The number of halogens is 2. The third kappa shape index (κ3) is 4.23. The van der Waals surface area contributed by atoms with Gasteiger partial charge in [-0.25, -0.2) is 0 Å². The van der Waals surface area contributed by atoms with E-state index in [0.29, 0.717) is 6.61 Å². The highest BCUT2D eigenvalue weighted by molar-refractivity contribution is 9.10. The van der Waals surface area contributed by atoms with Gasteiger partial charge in [-0.1, -0.05) is 35.9 Å². The number of nitrogens with one attached hydrogen (secondary N) is 1. The van der Waals surface area contributed by atoms with E-state index in [1.807, 2.05) is 18.2 Å². The van der Waals surface area contributed by atoms with Crippen LogP contribution in [-0.2, 0) is 17.9 Å². The van der Waals surface area contributed by atoms with E-state index >= 15 is 0 Å². The predicted molar refractivity (Wildman–Crippen MR) is 83.6 cm³/mol. The summed E-state index contributed by atoms with van der Waals surface area (Å²) in [7, 11) is 1.70. The van der Waals surface area contributed by atoms with Crippen LogP contribution in [0.15, 0.2) is 46.9 Å². The Balaban J connectivity index is 1.98. The Bertz CT molecular complexity index is 542. The highest BCUT2D eigenvalue weighted by Gasteiger charge is 2.00. The van der Waals surface area contributed by atoms with Crippen molar-refractivity contribution in [3.05, 3.63) is 63.1 Å². The number of hydrogen-bond acceptors (Lipinski definition) is 2. The van der Waals surface area contributed by atoms with Crippen molar-refractivity contribution in [2.75, 3.05) is 12.4 Å². The van der Waals surface area contributed by atoms with E-state index < -0.39 is 0 Å². The fraction of sp³-hybridized carbons (Fsp3) is 0.200. The molecule has 100 valence electrons. The van der Waals surface area contributed by atoms with Crippen LogP contribution in [0.1, 0.15) is 11.1 Å². The molecule has 0 fully saturated rings. The molecule has 0 aliphatic rings. The normalized spacial score (nSPS) is 10.5. The highest BCUT2D eigenvalue weighted by atomic mass is 79.9. The molecular weight excluding hydrogens is 326 g/mol. The molecule has 1 N–H and O–H groups in total. The van der Waals surface area contributed by atoms with Crippen molar-refractivity contribution in [2.45, 2.75) is 13.2 Å². The Kier molecular flexibility index (Phi) is 5.25. The fourth-order valence-electron chi connectivity index (χ4n) is 1.75. The summed E-state index contributed by atoms with van der Waals surface area (Å²) in [5.41, 5.74) is 3.44. The highest BCUT2D eigenvalue weighted by Crippen LogP contribution is 2.26. The lowest BCUT2D eigenvalue weighted by Gasteiger charge is -2.09. The molecule has 2 aromatic carbocycles. The molecule has 2 rings (SSSR count). The third-order valence-electron chi connectivity index (χ3n) is 2.75. The number of ether oxygens (including phenoxy) is 1. The summed E-state index contributed by atoms with van der Waals surface area (Å²) in [4.78, 5) is 0. The Morgan fingerprint density at radius 3 is 2.42 bits per heavy atom. The lowest BCUT2D eigenvalue weighted by atomic mass is 10.1. The van der Waals surface area contributed by atoms with Crippen molar-refractivity contribution in [2.24, 2.45) is 0 Å². The van der Waals surface area contributed by atoms with Crippen molar-refractivity contribution < 1.29 is 4.74 Å². The van der Waals surface area contributed by atoms with E-state index in [-0.39, 0.29) is 0 Å². The Morgan fingerprint density at radius 1 is 1.11 bits per heavy atom. The number of rotatable bonds is 5. The maximum Gasteiger partial charge on any atom is 0.0713 e. The van der Waals surface area contributed by atoms with Gasteiger partial charge in [0.25, 0.3) is 0 Å². The predicted octanol–water partition coefficient (Wildman–Crippen LogP) is 4.86. The quantitative estimate of drug-likeness (QED) is 0.839. The second kappa shape index (κ2) is 6.94. The third-order valence-corrected chi connectivity index (χ3v) is 3.64. The van der Waals surface area contributed by atoms with E-state index in [1.165, 1.54) is 11.1 Å². The standard InChI is InChI=1S/C15H15BrClNO/c1-19-10-12-4-2-11(3-5-12)9-18-15-7-6-13(17)8-14(15)16/h2-8,18H,9-10H2,1H3. The first-order valence-corrected chi connectivity index (χ1v) is 7.12. The zero-order valence-electron chi connectivity index (χ0n) is 10.6. The van der Waals surface area contributed by atoms with E-state index in [4.69, 9.17) is 16.3 Å². The van der Waals surface area contributed by atoms with Crippen LogP contribution in [0.5, 0.6) is 0 Å². The largest absolute Gasteiger partial charge is 0.380 e. The second-order valence-corrected chi connectivity index (χ2v) is 5.52. The first kappa shape index (κ1) is 14.4. The zero-order valence-corrected chi connectivity index (χ0v) is 13.0. The van der Waals surface area contributed by atoms with Gasteiger partial charge >= 0.3 is 0 Å². The van der Waals surface area contributed by atoms with E-state index in [1.54, 1.807) is 7.11 Å². The number of benzene rings is 2. The maximum atomic E-state index is 5.91. The van der Waals surface area contributed by atoms with Crippen molar-refractivity contribution in [1.82, 2.24) is 0 Å². The summed E-state index contributed by atoms with van der Waals surface area (Å²) in [5.74, 6) is 0. The van der Waals surface area contributed by atoms with Crippen molar-refractivity contribution >= 4 is 33.2 Å². The summed E-state index contributed by atoms with van der Waals surface area (Å²) in [6.45, 7) is 1.42. The molecule has 0 spiro atoms. The van der Waals surface area contributed by atoms with Gasteiger partial charge in [0.05, 0.1) is 6.61 Å². The molecule has 0 aliphatic carbocycles. The van der Waals surface area contributed by atoms with Crippen LogP contribution in [0.25, 0.3) is 0 Å². The average Bonchev–Trinajstić information content (AvgIpc) is 2.40. The van der Waals surface area contributed by atoms with Crippen LogP contribution < -0.4 is 5.32 Å². The topological polar surface area (TPSA) is 21.3 Å². The van der Waals surface area contributed by atoms with Crippen LogP contribution >= 0.6 is 27.5 Å². The van der Waals surface area contributed by atoms with Crippen molar-refractivity contribution in [3.8, 4) is 0 Å². The molecular formula is C15H15BrClNO. The van der Waals surface area contributed by atoms with Gasteiger partial charge in [0.1, 0.15) is 0 Å². The summed E-state index contributed by atoms with van der Waals surface area (Å²) >= 11 is 9.40. The number of methoxy groups -OCH3 is 1. The van der Waals surface area contributed by atoms with Gasteiger partial charge in [-0.15, -0.1) is 0 Å². The molecule has 0 heterocycles. The molecule has 0 saturated carbocycles. The van der Waals surface area contributed by atoms with Crippen LogP contribution in [0.3, 0.4) is 0 Å². The van der Waals surface area contributed by atoms with Crippen LogP contribution in [0.4, 0.5) is 5.69 Å². The van der Waals surface area contributed by atoms with Crippen LogP contribution in [0.2, 0.25) is 5.02 Å². The van der Waals surface area contributed by atoms with Gasteiger partial charge in [0.2, 0.25) is 0 Å². The molecule has 2 aromatic rings. The summed E-state index contributed by atoms with van der Waals surface area (Å²) in [6.07, 6.45) is 0. The van der Waals surface area contributed by atoms with Crippen LogP contribution in [0, 0.1) is 0 Å². The van der Waals surface area contributed by atoms with Gasteiger partial charge in [-0.3, -0.25) is 0 Å². The van der Waals surface area contributed by atoms with Gasteiger partial charge in [-0.2, -0.15) is 0 Å². The van der Waals surface area contributed by atoms with E-state index in [0.717, 1.165) is 21.7 Å². The molecule has 0 bridgehead atoms. The minimum absolute atomic E-state index is 0.649. The molecule has 0 aliphatic heterocycles. The molecule has 2 nitrogen and oxygen atoms in total. The molecule has 0 saturated heterocycles. The van der Waals surface area contributed by atoms with Gasteiger partial charge < -0.3 is 10.1 Å². The maximum absolute atomic E-state index is 5.91. The smallest absolute Gasteiger partial charge is 0.0713 e. The summed E-state index contributed by atoms with van der Waals surface area (Å²) in [6, 6.07) is 14.1. The number of hydrogen-bond donors (Lipinski definition) is 1. The Morgan fingerprint density at radius 2 is 1.79 bits per heavy atom. The molecule has 4 heteroatoms. The molecule has 0 radical (unpaired) electrons. The second-order valence-electron chi connectivity index (χ2n) is 4.23. The first-order chi connectivity index (χ1) is 9.19. The number of anilines is 1. The summed E-state index contributed by atoms with van der Waals surface area (Å²) < 4.78 is 6.06. The molecule has 19 heavy (non-hydrogen) atoms. The molecule has 0 unspecified atom stereocenters. The summed E-state index contributed by atoms with van der Waals surface area (Å²) in [5, 5.41) is 4.09. The minimum Gasteiger partial charge on any atom is -0.380 e. The molecule has 0 amide bonds. The zero-order chi connectivity index (χ0) is 13.7. The van der Waals surface area contributed by atoms with Gasteiger partial charge in [0.15, 0.2) is 0 Å². The van der Waals surface area contributed by atoms with Gasteiger partial charge in [0, 0.05) is 28.8 Å². The van der Waals surface area contributed by atoms with Crippen LogP contribution in [-0.4, -0.2) is 7.11 Å². The SMILES string of the molecule is COCc1ccc(CNc2ccc(Cl)cc2Br)cc1. The van der Waals surface area contributed by atoms with E-state index in [9.17, 15) is 0 Å². The van der Waals surface area contributed by atoms with E-state index in [2.05, 4.69) is 45.5 Å². The monoisotopic (exact) mass is 339 g/mol.